The van der Waals surface area contributed by atoms with Gasteiger partial charge in [-0.3, -0.25) is 4.79 Å². The summed E-state index contributed by atoms with van der Waals surface area (Å²) in [5.41, 5.74) is 3.15. The Morgan fingerprint density at radius 2 is 2.04 bits per heavy atom. The van der Waals surface area contributed by atoms with Crippen LogP contribution in [0.3, 0.4) is 0 Å². The summed E-state index contributed by atoms with van der Waals surface area (Å²) in [5, 5.41) is 7.17. The Kier molecular flexibility index (Phi) is 4.84. The molecule has 4 aromatic rings. The van der Waals surface area contributed by atoms with Gasteiger partial charge in [0.2, 0.25) is 5.91 Å². The van der Waals surface area contributed by atoms with E-state index in [0.717, 1.165) is 16.9 Å². The van der Waals surface area contributed by atoms with E-state index in [9.17, 15) is 4.79 Å². The fourth-order valence-corrected chi connectivity index (χ4v) is 3.81. The first kappa shape index (κ1) is 16.6. The van der Waals surface area contributed by atoms with Crippen LogP contribution in [-0.4, -0.2) is 27.0 Å². The summed E-state index contributed by atoms with van der Waals surface area (Å²) >= 11 is 1.65. The molecule has 0 unspecified atom stereocenters. The van der Waals surface area contributed by atoms with Crippen molar-refractivity contribution in [2.24, 2.45) is 0 Å². The number of hydrogen-bond donors (Lipinski definition) is 2. The van der Waals surface area contributed by atoms with Crippen LogP contribution in [0.5, 0.6) is 0 Å². The molecule has 3 aromatic heterocycles. The van der Waals surface area contributed by atoms with Gasteiger partial charge in [0, 0.05) is 25.4 Å². The van der Waals surface area contributed by atoms with Gasteiger partial charge in [-0.25, -0.2) is 4.98 Å². The van der Waals surface area contributed by atoms with Crippen LogP contribution in [0, 0.1) is 0 Å². The van der Waals surface area contributed by atoms with E-state index >= 15 is 0 Å². The first-order chi connectivity index (χ1) is 12.8. The Hall–Kier alpha value is -2.86. The van der Waals surface area contributed by atoms with Crippen molar-refractivity contribution < 1.29 is 4.79 Å². The summed E-state index contributed by atoms with van der Waals surface area (Å²) in [6, 6.07) is 14.0. The minimum Gasteiger partial charge on any atom is -0.356 e. The van der Waals surface area contributed by atoms with Crippen LogP contribution >= 0.6 is 11.3 Å². The molecule has 0 aliphatic carbocycles. The number of nitrogens with zero attached hydrogens (tertiary/aromatic N) is 2. The molecule has 0 radical (unpaired) electrons. The molecule has 132 valence electrons. The summed E-state index contributed by atoms with van der Waals surface area (Å²) in [6.45, 7) is 0.570. The second-order valence-corrected chi connectivity index (χ2v) is 6.99. The number of fused-ring (bicyclic) bond motifs is 1. The third kappa shape index (κ3) is 3.70. The average Bonchev–Trinajstić information content (AvgIpc) is 3.40. The number of aromatic nitrogens is 3. The molecule has 1 amide bonds. The molecule has 3 heterocycles. The number of hydrogen-bond acceptors (Lipinski definition) is 3. The lowest BCUT2D eigenvalue weighted by atomic mass is 10.1. The number of thiophene rings is 1. The van der Waals surface area contributed by atoms with Crippen LogP contribution in [0.2, 0.25) is 0 Å². The summed E-state index contributed by atoms with van der Waals surface area (Å²) in [7, 11) is 0. The van der Waals surface area contributed by atoms with E-state index in [0.29, 0.717) is 19.4 Å². The standard InChI is InChI=1S/C20H20N4OS/c25-20(13-18(15-8-12-26-14-15)24-10-3-4-11-24)21-9-7-19-22-16-5-1-2-6-17(16)23-19/h1-6,8,10-12,14,18H,7,9,13H2,(H,21,25)(H,22,23)/t18-/m1/s1. The molecule has 1 aromatic carbocycles. The molecule has 26 heavy (non-hydrogen) atoms. The van der Waals surface area contributed by atoms with Gasteiger partial charge in [-0.05, 0) is 46.7 Å². The summed E-state index contributed by atoms with van der Waals surface area (Å²) in [5.74, 6) is 0.942. The minimum atomic E-state index is 0.0300. The molecule has 6 heteroatoms. The predicted molar refractivity (Wildman–Crippen MR) is 104 cm³/mol. The second kappa shape index (κ2) is 7.58. The third-order valence-electron chi connectivity index (χ3n) is 4.42. The first-order valence-electron chi connectivity index (χ1n) is 8.64. The van der Waals surface area contributed by atoms with Gasteiger partial charge < -0.3 is 14.9 Å². The van der Waals surface area contributed by atoms with E-state index in [4.69, 9.17) is 0 Å². The zero-order chi connectivity index (χ0) is 17.8. The van der Waals surface area contributed by atoms with Gasteiger partial charge in [0.15, 0.2) is 0 Å². The molecule has 0 bridgehead atoms. The quantitative estimate of drug-likeness (QED) is 0.524. The van der Waals surface area contributed by atoms with Crippen LogP contribution in [0.15, 0.2) is 65.6 Å². The molecular weight excluding hydrogens is 344 g/mol. The van der Waals surface area contributed by atoms with Crippen molar-refractivity contribution in [3.05, 3.63) is 77.0 Å². The van der Waals surface area contributed by atoms with E-state index in [2.05, 4.69) is 31.3 Å². The topological polar surface area (TPSA) is 62.7 Å². The van der Waals surface area contributed by atoms with Crippen molar-refractivity contribution in [2.45, 2.75) is 18.9 Å². The number of nitrogens with one attached hydrogen (secondary N) is 2. The van der Waals surface area contributed by atoms with Gasteiger partial charge in [0.05, 0.1) is 23.5 Å². The monoisotopic (exact) mass is 364 g/mol. The van der Waals surface area contributed by atoms with Crippen molar-refractivity contribution in [3.63, 3.8) is 0 Å². The fourth-order valence-electron chi connectivity index (χ4n) is 3.11. The predicted octanol–water partition coefficient (Wildman–Crippen LogP) is 3.76. The highest BCUT2D eigenvalue weighted by Crippen LogP contribution is 2.24. The Labute approximate surface area is 155 Å². The Morgan fingerprint density at radius 3 is 2.81 bits per heavy atom. The highest BCUT2D eigenvalue weighted by Gasteiger charge is 2.17. The van der Waals surface area contributed by atoms with Crippen molar-refractivity contribution in [1.82, 2.24) is 19.9 Å². The Morgan fingerprint density at radius 1 is 1.19 bits per heavy atom. The van der Waals surface area contributed by atoms with Crippen molar-refractivity contribution >= 4 is 28.3 Å². The van der Waals surface area contributed by atoms with E-state index in [-0.39, 0.29) is 11.9 Å². The molecule has 0 aliphatic rings. The molecule has 1 atom stereocenters. The number of amides is 1. The van der Waals surface area contributed by atoms with Crippen LogP contribution in [0.4, 0.5) is 0 Å². The minimum absolute atomic E-state index is 0.0300. The second-order valence-electron chi connectivity index (χ2n) is 6.21. The average molecular weight is 364 g/mol. The number of benzene rings is 1. The highest BCUT2D eigenvalue weighted by atomic mass is 32.1. The van der Waals surface area contributed by atoms with Crippen LogP contribution in [0.25, 0.3) is 11.0 Å². The molecule has 2 N–H and O–H groups in total. The van der Waals surface area contributed by atoms with E-state index in [1.807, 2.05) is 54.2 Å². The first-order valence-corrected chi connectivity index (χ1v) is 9.59. The number of rotatable bonds is 7. The molecule has 0 saturated carbocycles. The van der Waals surface area contributed by atoms with Gasteiger partial charge in [0.1, 0.15) is 5.82 Å². The number of para-hydroxylation sites is 2. The maximum Gasteiger partial charge on any atom is 0.222 e. The number of carbonyl (C=O) groups is 1. The van der Waals surface area contributed by atoms with Crippen LogP contribution in [-0.2, 0) is 11.2 Å². The van der Waals surface area contributed by atoms with Crippen molar-refractivity contribution in [2.75, 3.05) is 6.54 Å². The van der Waals surface area contributed by atoms with E-state index < -0.39 is 0 Å². The zero-order valence-electron chi connectivity index (χ0n) is 14.3. The maximum absolute atomic E-state index is 12.5. The van der Waals surface area contributed by atoms with E-state index in [1.54, 1.807) is 11.3 Å². The number of aromatic amines is 1. The summed E-state index contributed by atoms with van der Waals surface area (Å²) in [6.07, 6.45) is 5.12. The lowest BCUT2D eigenvalue weighted by Gasteiger charge is -2.17. The number of H-pyrrole nitrogens is 1. The number of carbonyl (C=O) groups excluding carboxylic acids is 1. The van der Waals surface area contributed by atoms with Crippen LogP contribution in [0.1, 0.15) is 23.9 Å². The molecule has 0 fully saturated rings. The lowest BCUT2D eigenvalue weighted by molar-refractivity contribution is -0.121. The van der Waals surface area contributed by atoms with Crippen LogP contribution < -0.4 is 5.32 Å². The molecule has 5 nitrogen and oxygen atoms in total. The van der Waals surface area contributed by atoms with Gasteiger partial charge >= 0.3 is 0 Å². The molecule has 0 saturated heterocycles. The Balaban J connectivity index is 1.35. The summed E-state index contributed by atoms with van der Waals surface area (Å²) < 4.78 is 2.08. The highest BCUT2D eigenvalue weighted by molar-refractivity contribution is 7.08. The number of imidazole rings is 1. The molecule has 0 spiro atoms. The summed E-state index contributed by atoms with van der Waals surface area (Å²) in [4.78, 5) is 20.3. The largest absolute Gasteiger partial charge is 0.356 e. The fraction of sp³-hybridized carbons (Fsp3) is 0.200. The molecule has 0 aliphatic heterocycles. The normalized spacial score (nSPS) is 12.3. The smallest absolute Gasteiger partial charge is 0.222 e. The zero-order valence-corrected chi connectivity index (χ0v) is 15.1. The molecular formula is C20H20N4OS. The van der Waals surface area contributed by atoms with Crippen molar-refractivity contribution in [1.29, 1.82) is 0 Å². The van der Waals surface area contributed by atoms with Crippen molar-refractivity contribution in [3.8, 4) is 0 Å². The third-order valence-corrected chi connectivity index (χ3v) is 5.12. The van der Waals surface area contributed by atoms with Gasteiger partial charge in [-0.2, -0.15) is 11.3 Å². The lowest BCUT2D eigenvalue weighted by Crippen LogP contribution is -2.28. The Bertz CT molecular complexity index is 905. The SMILES string of the molecule is O=C(C[C@H](c1ccsc1)n1cccc1)NCCc1nc2ccccc2[nH]1. The van der Waals surface area contributed by atoms with Gasteiger partial charge in [-0.15, -0.1) is 0 Å². The van der Waals surface area contributed by atoms with Gasteiger partial charge in [0.25, 0.3) is 0 Å². The molecule has 4 rings (SSSR count). The maximum atomic E-state index is 12.5. The van der Waals surface area contributed by atoms with E-state index in [1.165, 1.54) is 5.56 Å². The van der Waals surface area contributed by atoms with Gasteiger partial charge in [-0.1, -0.05) is 12.1 Å².